The third-order valence-corrected chi connectivity index (χ3v) is 6.32. The Morgan fingerprint density at radius 2 is 1.60 bits per heavy atom. The van der Waals surface area contributed by atoms with Gasteiger partial charge >= 0.3 is 0 Å². The molecule has 3 aromatic rings. The van der Waals surface area contributed by atoms with E-state index in [0.717, 1.165) is 11.1 Å². The lowest BCUT2D eigenvalue weighted by molar-refractivity contribution is -0.122. The molecule has 3 aromatic carbocycles. The molecule has 4 rings (SSSR count). The highest BCUT2D eigenvalue weighted by atomic mass is 16.5. The highest BCUT2D eigenvalue weighted by Crippen LogP contribution is 2.34. The SMILES string of the molecule is COc1ccc(C(=O)N(C2CC(=O)N(c3ccc(C)cc3)C2=O)C(C)c2ccccc2)cc1OC. The lowest BCUT2D eigenvalue weighted by atomic mass is 10.0. The Balaban J connectivity index is 1.75. The first-order valence-corrected chi connectivity index (χ1v) is 11.4. The van der Waals surface area contributed by atoms with Gasteiger partial charge in [0.25, 0.3) is 11.8 Å². The summed E-state index contributed by atoms with van der Waals surface area (Å²) in [6.07, 6.45) is -0.0943. The number of imide groups is 1. The summed E-state index contributed by atoms with van der Waals surface area (Å²) in [4.78, 5) is 43.2. The summed E-state index contributed by atoms with van der Waals surface area (Å²) in [5.41, 5.74) is 2.71. The average Bonchev–Trinajstić information content (AvgIpc) is 3.17. The molecule has 0 spiro atoms. The lowest BCUT2D eigenvalue weighted by Gasteiger charge is -2.34. The van der Waals surface area contributed by atoms with Crippen LogP contribution in [-0.2, 0) is 9.59 Å². The zero-order valence-corrected chi connectivity index (χ0v) is 20.2. The second-order valence-corrected chi connectivity index (χ2v) is 8.49. The van der Waals surface area contributed by atoms with Crippen molar-refractivity contribution < 1.29 is 23.9 Å². The summed E-state index contributed by atoms with van der Waals surface area (Å²) in [7, 11) is 3.01. The first-order valence-electron chi connectivity index (χ1n) is 11.4. The molecule has 1 aliphatic heterocycles. The van der Waals surface area contributed by atoms with E-state index in [1.54, 1.807) is 30.3 Å². The molecule has 35 heavy (non-hydrogen) atoms. The summed E-state index contributed by atoms with van der Waals surface area (Å²) in [6, 6.07) is 20.1. The van der Waals surface area contributed by atoms with Crippen LogP contribution in [0, 0.1) is 6.92 Å². The van der Waals surface area contributed by atoms with Gasteiger partial charge in [-0.25, -0.2) is 4.90 Å². The van der Waals surface area contributed by atoms with Gasteiger partial charge in [0.2, 0.25) is 5.91 Å². The van der Waals surface area contributed by atoms with Crippen molar-refractivity contribution in [3.8, 4) is 11.5 Å². The van der Waals surface area contributed by atoms with Gasteiger partial charge in [0.05, 0.1) is 32.4 Å². The second-order valence-electron chi connectivity index (χ2n) is 8.49. The molecular formula is C28H28N2O5. The average molecular weight is 473 g/mol. The van der Waals surface area contributed by atoms with E-state index in [1.807, 2.05) is 56.3 Å². The van der Waals surface area contributed by atoms with Gasteiger partial charge in [-0.15, -0.1) is 0 Å². The molecule has 0 saturated carbocycles. The number of hydrogen-bond donors (Lipinski definition) is 0. The van der Waals surface area contributed by atoms with Crippen LogP contribution in [0.1, 0.15) is 40.9 Å². The summed E-state index contributed by atoms with van der Waals surface area (Å²) in [5.74, 6) is -0.242. The Hall–Kier alpha value is -4.13. The normalized spacial score (nSPS) is 16.2. The van der Waals surface area contributed by atoms with Crippen molar-refractivity contribution in [1.29, 1.82) is 0 Å². The topological polar surface area (TPSA) is 76.2 Å². The van der Waals surface area contributed by atoms with Crippen LogP contribution in [-0.4, -0.2) is 42.9 Å². The predicted octanol–water partition coefficient (Wildman–Crippen LogP) is 4.55. The summed E-state index contributed by atoms with van der Waals surface area (Å²) >= 11 is 0. The first kappa shape index (κ1) is 24.0. The second kappa shape index (κ2) is 10.0. The Bertz CT molecular complexity index is 1240. The zero-order valence-electron chi connectivity index (χ0n) is 20.2. The van der Waals surface area contributed by atoms with Crippen LogP contribution in [0.2, 0.25) is 0 Å². The number of benzene rings is 3. The van der Waals surface area contributed by atoms with E-state index in [-0.39, 0.29) is 18.2 Å². The molecule has 7 heteroatoms. The Morgan fingerprint density at radius 1 is 0.943 bits per heavy atom. The maximum atomic E-state index is 13.9. The largest absolute Gasteiger partial charge is 0.493 e. The van der Waals surface area contributed by atoms with Crippen LogP contribution in [0.5, 0.6) is 11.5 Å². The maximum Gasteiger partial charge on any atom is 0.257 e. The van der Waals surface area contributed by atoms with Gasteiger partial charge in [-0.1, -0.05) is 48.0 Å². The van der Waals surface area contributed by atoms with Crippen molar-refractivity contribution >= 4 is 23.4 Å². The molecule has 1 saturated heterocycles. The van der Waals surface area contributed by atoms with E-state index in [4.69, 9.17) is 9.47 Å². The summed E-state index contributed by atoms with van der Waals surface area (Å²) in [6.45, 7) is 3.80. The standard InChI is InChI=1S/C28H28N2O5/c1-18-10-13-22(14-11-18)30-26(31)17-23(28(30)33)29(19(2)20-8-6-5-7-9-20)27(32)21-12-15-24(34-3)25(16-21)35-4/h5-16,19,23H,17H2,1-4H3. The molecule has 0 radical (unpaired) electrons. The van der Waals surface area contributed by atoms with E-state index >= 15 is 0 Å². The lowest BCUT2D eigenvalue weighted by Crippen LogP contribution is -2.46. The monoisotopic (exact) mass is 472 g/mol. The van der Waals surface area contributed by atoms with Crippen LogP contribution >= 0.6 is 0 Å². The molecule has 7 nitrogen and oxygen atoms in total. The summed E-state index contributed by atoms with van der Waals surface area (Å²) in [5, 5.41) is 0. The Labute approximate surface area is 204 Å². The number of nitrogens with zero attached hydrogens (tertiary/aromatic N) is 2. The van der Waals surface area contributed by atoms with E-state index in [0.29, 0.717) is 22.7 Å². The molecule has 0 aliphatic carbocycles. The third kappa shape index (κ3) is 4.62. The number of hydrogen-bond acceptors (Lipinski definition) is 5. The fourth-order valence-electron chi connectivity index (χ4n) is 4.40. The molecule has 1 aliphatic rings. The number of carbonyl (C=O) groups is 3. The molecule has 1 fully saturated rings. The minimum absolute atomic E-state index is 0.0943. The van der Waals surface area contributed by atoms with Gasteiger partial charge < -0.3 is 14.4 Å². The fraction of sp³-hybridized carbons (Fsp3) is 0.250. The minimum Gasteiger partial charge on any atom is -0.493 e. The molecule has 0 bridgehead atoms. The predicted molar refractivity (Wildman–Crippen MR) is 133 cm³/mol. The van der Waals surface area contributed by atoms with Crippen molar-refractivity contribution in [1.82, 2.24) is 4.90 Å². The minimum atomic E-state index is -0.945. The number of rotatable bonds is 7. The molecule has 0 aromatic heterocycles. The molecule has 2 unspecified atom stereocenters. The van der Waals surface area contributed by atoms with E-state index < -0.39 is 18.0 Å². The van der Waals surface area contributed by atoms with Gasteiger partial charge in [-0.3, -0.25) is 14.4 Å². The van der Waals surface area contributed by atoms with Crippen LogP contribution in [0.4, 0.5) is 5.69 Å². The van der Waals surface area contributed by atoms with Gasteiger partial charge in [0, 0.05) is 5.56 Å². The smallest absolute Gasteiger partial charge is 0.257 e. The molecular weight excluding hydrogens is 444 g/mol. The van der Waals surface area contributed by atoms with Crippen LogP contribution in [0.15, 0.2) is 72.8 Å². The van der Waals surface area contributed by atoms with E-state index in [1.165, 1.54) is 24.0 Å². The molecule has 2 atom stereocenters. The van der Waals surface area contributed by atoms with E-state index in [9.17, 15) is 14.4 Å². The maximum absolute atomic E-state index is 13.9. The number of anilines is 1. The van der Waals surface area contributed by atoms with Crippen molar-refractivity contribution in [3.05, 3.63) is 89.5 Å². The van der Waals surface area contributed by atoms with Gasteiger partial charge in [-0.2, -0.15) is 0 Å². The highest BCUT2D eigenvalue weighted by Gasteiger charge is 2.46. The van der Waals surface area contributed by atoms with Crippen molar-refractivity contribution in [2.45, 2.75) is 32.4 Å². The molecule has 1 heterocycles. The van der Waals surface area contributed by atoms with Crippen LogP contribution < -0.4 is 14.4 Å². The molecule has 0 N–H and O–H groups in total. The Morgan fingerprint density at radius 3 is 2.23 bits per heavy atom. The van der Waals surface area contributed by atoms with Crippen molar-refractivity contribution in [2.24, 2.45) is 0 Å². The van der Waals surface area contributed by atoms with Crippen LogP contribution in [0.25, 0.3) is 0 Å². The quantitative estimate of drug-likeness (QED) is 0.472. The number of methoxy groups -OCH3 is 2. The number of carbonyl (C=O) groups excluding carboxylic acids is 3. The number of amides is 3. The zero-order chi connectivity index (χ0) is 25.1. The van der Waals surface area contributed by atoms with Crippen molar-refractivity contribution in [2.75, 3.05) is 19.1 Å². The Kier molecular flexibility index (Phi) is 6.87. The van der Waals surface area contributed by atoms with Gasteiger partial charge in [-0.05, 0) is 49.7 Å². The number of aryl methyl sites for hydroxylation is 1. The van der Waals surface area contributed by atoms with Gasteiger partial charge in [0.1, 0.15) is 6.04 Å². The van der Waals surface area contributed by atoms with Gasteiger partial charge in [0.15, 0.2) is 11.5 Å². The summed E-state index contributed by atoms with van der Waals surface area (Å²) < 4.78 is 10.7. The molecule has 3 amide bonds. The van der Waals surface area contributed by atoms with E-state index in [2.05, 4.69) is 0 Å². The third-order valence-electron chi connectivity index (χ3n) is 6.32. The van der Waals surface area contributed by atoms with Crippen molar-refractivity contribution in [3.63, 3.8) is 0 Å². The van der Waals surface area contributed by atoms with Crippen LogP contribution in [0.3, 0.4) is 0 Å². The first-order chi connectivity index (χ1) is 16.8. The molecule has 180 valence electrons. The highest BCUT2D eigenvalue weighted by molar-refractivity contribution is 6.23. The fourth-order valence-corrected chi connectivity index (χ4v) is 4.40. The number of ether oxygens (including phenoxy) is 2.